The van der Waals surface area contributed by atoms with Gasteiger partial charge in [-0.25, -0.2) is 0 Å². The first-order valence-electron chi connectivity index (χ1n) is 8.53. The van der Waals surface area contributed by atoms with E-state index in [-0.39, 0.29) is 12.0 Å². The molecule has 0 radical (unpaired) electrons. The van der Waals surface area contributed by atoms with Crippen molar-refractivity contribution in [3.05, 3.63) is 52.2 Å². The molecule has 1 amide bonds. The molecule has 1 N–H and O–H groups in total. The maximum Gasteiger partial charge on any atom is 0.255 e. The monoisotopic (exact) mass is 377 g/mol. The van der Waals surface area contributed by atoms with Gasteiger partial charge < -0.3 is 14.8 Å². The molecule has 25 heavy (non-hydrogen) atoms. The van der Waals surface area contributed by atoms with Crippen molar-refractivity contribution in [3.8, 4) is 5.75 Å². The molecule has 1 aliphatic rings. The van der Waals surface area contributed by atoms with Gasteiger partial charge in [0.15, 0.2) is 0 Å². The van der Waals surface area contributed by atoms with Crippen molar-refractivity contribution >= 4 is 29.0 Å². The average molecular weight is 378 g/mol. The molecule has 1 aromatic carbocycles. The van der Waals surface area contributed by atoms with E-state index < -0.39 is 0 Å². The summed E-state index contributed by atoms with van der Waals surface area (Å²) >= 11 is 3.54. The second kappa shape index (κ2) is 9.85. The zero-order valence-electron chi connectivity index (χ0n) is 14.1. The summed E-state index contributed by atoms with van der Waals surface area (Å²) in [4.78, 5) is 12.4. The van der Waals surface area contributed by atoms with Gasteiger partial charge in [0, 0.05) is 24.7 Å². The number of amides is 1. The standard InChI is InChI=1S/C19H23NO3S2/c21-19(20-8-11-25-14-15-7-10-24-13-15)17-5-1-2-6-18(17)23-12-16-4-3-9-22-16/h1-2,5-7,10,13,16H,3-4,8-9,11-12,14H2,(H,20,21)/t16-/m0/s1. The maximum atomic E-state index is 12.4. The van der Waals surface area contributed by atoms with Crippen molar-refractivity contribution in [3.63, 3.8) is 0 Å². The number of hydrogen-bond acceptors (Lipinski definition) is 5. The maximum absolute atomic E-state index is 12.4. The second-order valence-corrected chi connectivity index (χ2v) is 7.77. The van der Waals surface area contributed by atoms with Crippen molar-refractivity contribution < 1.29 is 14.3 Å². The van der Waals surface area contributed by atoms with Gasteiger partial charge in [0.1, 0.15) is 12.4 Å². The summed E-state index contributed by atoms with van der Waals surface area (Å²) in [5.41, 5.74) is 1.93. The van der Waals surface area contributed by atoms with Crippen molar-refractivity contribution in [1.29, 1.82) is 0 Å². The lowest BCUT2D eigenvalue weighted by atomic mass is 10.2. The van der Waals surface area contributed by atoms with Gasteiger partial charge in [-0.15, -0.1) is 0 Å². The Labute approximate surface area is 156 Å². The number of rotatable bonds is 9. The zero-order chi connectivity index (χ0) is 17.3. The molecule has 1 atom stereocenters. The molecule has 1 saturated heterocycles. The molecule has 0 unspecified atom stereocenters. The highest BCUT2D eigenvalue weighted by atomic mass is 32.2. The molecule has 2 aromatic rings. The third kappa shape index (κ3) is 5.76. The number of benzene rings is 1. The van der Waals surface area contributed by atoms with Crippen LogP contribution in [-0.2, 0) is 10.5 Å². The molecular weight excluding hydrogens is 354 g/mol. The van der Waals surface area contributed by atoms with Crippen LogP contribution in [0.5, 0.6) is 5.75 Å². The van der Waals surface area contributed by atoms with E-state index in [1.54, 1.807) is 17.4 Å². The van der Waals surface area contributed by atoms with Gasteiger partial charge in [-0.2, -0.15) is 23.1 Å². The third-order valence-corrected chi connectivity index (χ3v) is 5.72. The fraction of sp³-hybridized carbons (Fsp3) is 0.421. The quantitative estimate of drug-likeness (QED) is 0.672. The lowest BCUT2D eigenvalue weighted by Crippen LogP contribution is -2.27. The Balaban J connectivity index is 1.42. The lowest BCUT2D eigenvalue weighted by Gasteiger charge is -2.14. The van der Waals surface area contributed by atoms with E-state index in [0.717, 1.165) is 31.0 Å². The number of carbonyl (C=O) groups is 1. The second-order valence-electron chi connectivity index (χ2n) is 5.88. The number of para-hydroxylation sites is 1. The zero-order valence-corrected chi connectivity index (χ0v) is 15.7. The molecule has 1 fully saturated rings. The smallest absolute Gasteiger partial charge is 0.255 e. The topological polar surface area (TPSA) is 47.6 Å². The number of nitrogens with one attached hydrogen (secondary N) is 1. The van der Waals surface area contributed by atoms with E-state index in [1.807, 2.05) is 30.0 Å². The van der Waals surface area contributed by atoms with Crippen molar-refractivity contribution in [2.24, 2.45) is 0 Å². The van der Waals surface area contributed by atoms with Gasteiger partial charge >= 0.3 is 0 Å². The van der Waals surface area contributed by atoms with Crippen molar-refractivity contribution in [2.45, 2.75) is 24.7 Å². The molecular formula is C19H23NO3S2. The fourth-order valence-corrected chi connectivity index (χ4v) is 4.22. The van der Waals surface area contributed by atoms with Gasteiger partial charge in [0.05, 0.1) is 11.7 Å². The first-order valence-corrected chi connectivity index (χ1v) is 10.6. The highest BCUT2D eigenvalue weighted by Crippen LogP contribution is 2.20. The first kappa shape index (κ1) is 18.3. The van der Waals surface area contributed by atoms with Crippen LogP contribution < -0.4 is 10.1 Å². The Kier molecular flexibility index (Phi) is 7.21. The van der Waals surface area contributed by atoms with E-state index in [9.17, 15) is 4.79 Å². The van der Waals surface area contributed by atoms with E-state index >= 15 is 0 Å². The van der Waals surface area contributed by atoms with Crippen LogP contribution in [-0.4, -0.2) is 37.5 Å². The molecule has 0 spiro atoms. The van der Waals surface area contributed by atoms with E-state index in [1.165, 1.54) is 5.56 Å². The van der Waals surface area contributed by atoms with Gasteiger partial charge in [-0.05, 0) is 47.4 Å². The number of thiophene rings is 1. The first-order chi connectivity index (χ1) is 12.3. The van der Waals surface area contributed by atoms with Crippen molar-refractivity contribution in [1.82, 2.24) is 5.32 Å². The fourth-order valence-electron chi connectivity index (χ4n) is 2.64. The van der Waals surface area contributed by atoms with Crippen LogP contribution in [0.25, 0.3) is 0 Å². The minimum absolute atomic E-state index is 0.0842. The van der Waals surface area contributed by atoms with Gasteiger partial charge in [0.25, 0.3) is 5.91 Å². The Morgan fingerprint density at radius 3 is 3.08 bits per heavy atom. The normalized spacial score (nSPS) is 16.7. The summed E-state index contributed by atoms with van der Waals surface area (Å²) in [5.74, 6) is 2.42. The number of carbonyl (C=O) groups excluding carboxylic acids is 1. The number of ether oxygens (including phenoxy) is 2. The minimum Gasteiger partial charge on any atom is -0.490 e. The molecule has 0 bridgehead atoms. The minimum atomic E-state index is -0.0842. The van der Waals surface area contributed by atoms with Gasteiger partial charge in [-0.3, -0.25) is 4.79 Å². The van der Waals surface area contributed by atoms with Crippen LogP contribution in [0.4, 0.5) is 0 Å². The molecule has 3 rings (SSSR count). The van der Waals surface area contributed by atoms with Crippen LogP contribution >= 0.6 is 23.1 Å². The van der Waals surface area contributed by atoms with Gasteiger partial charge in [-0.1, -0.05) is 12.1 Å². The van der Waals surface area contributed by atoms with Crippen LogP contribution in [0.3, 0.4) is 0 Å². The Morgan fingerprint density at radius 1 is 1.36 bits per heavy atom. The highest BCUT2D eigenvalue weighted by molar-refractivity contribution is 7.98. The summed E-state index contributed by atoms with van der Waals surface area (Å²) < 4.78 is 11.4. The van der Waals surface area contributed by atoms with Crippen LogP contribution in [0.2, 0.25) is 0 Å². The number of thioether (sulfide) groups is 1. The van der Waals surface area contributed by atoms with Crippen LogP contribution in [0.1, 0.15) is 28.8 Å². The Hall–Kier alpha value is -1.50. The number of hydrogen-bond donors (Lipinski definition) is 1. The molecule has 2 heterocycles. The van der Waals surface area contributed by atoms with E-state index in [2.05, 4.69) is 22.1 Å². The van der Waals surface area contributed by atoms with Gasteiger partial charge in [0.2, 0.25) is 0 Å². The summed E-state index contributed by atoms with van der Waals surface area (Å²) in [7, 11) is 0. The molecule has 134 valence electrons. The van der Waals surface area contributed by atoms with E-state index in [0.29, 0.717) is 24.5 Å². The summed E-state index contributed by atoms with van der Waals surface area (Å²) in [6.45, 7) is 1.95. The van der Waals surface area contributed by atoms with Crippen LogP contribution in [0, 0.1) is 0 Å². The molecule has 1 aliphatic heterocycles. The summed E-state index contributed by atoms with van der Waals surface area (Å²) in [6.07, 6.45) is 2.25. The average Bonchev–Trinajstić information content (AvgIpc) is 3.33. The molecule has 6 heteroatoms. The predicted molar refractivity (Wildman–Crippen MR) is 104 cm³/mol. The predicted octanol–water partition coefficient (Wildman–Crippen LogP) is 3.97. The SMILES string of the molecule is O=C(NCCSCc1ccsc1)c1ccccc1OC[C@@H]1CCCO1. The van der Waals surface area contributed by atoms with Crippen molar-refractivity contribution in [2.75, 3.05) is 25.5 Å². The Bertz CT molecular complexity index is 654. The largest absolute Gasteiger partial charge is 0.490 e. The lowest BCUT2D eigenvalue weighted by molar-refractivity contribution is 0.0671. The molecule has 0 saturated carbocycles. The van der Waals surface area contributed by atoms with E-state index in [4.69, 9.17) is 9.47 Å². The summed E-state index contributed by atoms with van der Waals surface area (Å²) in [6, 6.07) is 9.53. The molecule has 4 nitrogen and oxygen atoms in total. The highest BCUT2D eigenvalue weighted by Gasteiger charge is 2.18. The Morgan fingerprint density at radius 2 is 2.28 bits per heavy atom. The summed E-state index contributed by atoms with van der Waals surface area (Å²) in [5, 5.41) is 7.23. The third-order valence-electron chi connectivity index (χ3n) is 3.96. The molecule has 0 aliphatic carbocycles. The molecule has 1 aromatic heterocycles. The van der Waals surface area contributed by atoms with Crippen LogP contribution in [0.15, 0.2) is 41.1 Å².